The van der Waals surface area contributed by atoms with Crippen LogP contribution in [0, 0.1) is 0 Å². The van der Waals surface area contributed by atoms with Crippen molar-refractivity contribution in [2.24, 2.45) is 0 Å². The Morgan fingerprint density at radius 2 is 1.02 bits per heavy atom. The van der Waals surface area contributed by atoms with Crippen molar-refractivity contribution in [3.05, 3.63) is 59.7 Å². The van der Waals surface area contributed by atoms with Gasteiger partial charge in [-0.2, -0.15) is 0 Å². The number of esters is 2. The van der Waals surface area contributed by atoms with Gasteiger partial charge in [0.05, 0.1) is 25.4 Å². The van der Waals surface area contributed by atoms with Gasteiger partial charge in [0, 0.05) is 63.6 Å². The van der Waals surface area contributed by atoms with Gasteiger partial charge in [-0.15, -0.1) is 0 Å². The zero-order valence-electron chi connectivity index (χ0n) is 29.5. The summed E-state index contributed by atoms with van der Waals surface area (Å²) in [5, 5.41) is 42.7. The minimum absolute atomic E-state index is 0.130. The molecule has 0 amide bonds. The third kappa shape index (κ3) is 20.6. The molecule has 0 aliphatic carbocycles. The fourth-order valence-electron chi connectivity index (χ4n) is 4.67. The van der Waals surface area contributed by atoms with Gasteiger partial charge in [-0.05, 0) is 37.8 Å². The van der Waals surface area contributed by atoms with E-state index >= 15 is 0 Å². The average molecular weight is 681 g/mol. The Balaban J connectivity index is 3.04. The van der Waals surface area contributed by atoms with Crippen LogP contribution in [0.25, 0.3) is 0 Å². The van der Waals surface area contributed by atoms with E-state index in [0.717, 1.165) is 36.8 Å². The maximum Gasteiger partial charge on any atom is 0.333 e. The first-order valence-electron chi connectivity index (χ1n) is 16.9. The number of unbranched alkanes of at least 4 members (excludes halogenated alkanes) is 2. The predicted molar refractivity (Wildman–Crippen MR) is 184 cm³/mol. The van der Waals surface area contributed by atoms with Gasteiger partial charge in [-0.25, -0.2) is 9.59 Å². The van der Waals surface area contributed by atoms with Gasteiger partial charge in [0.15, 0.2) is 0 Å². The molecule has 48 heavy (non-hydrogen) atoms. The van der Waals surface area contributed by atoms with Crippen molar-refractivity contribution in [3.63, 3.8) is 0 Å². The van der Waals surface area contributed by atoms with Crippen LogP contribution >= 0.6 is 0 Å². The maximum atomic E-state index is 11.8. The second-order valence-corrected chi connectivity index (χ2v) is 12.4. The standard InChI is InChI=1S/C36H60N2O10/c1-7-9-14-45-23-31(39)19-37(21-33(41)25-47-35(43)27(3)4)17-29-12-11-13-30(16-29)18-38(20-32(40)24-46-15-10-8-2)22-34(42)26-48-36(44)28(5)6/h11-13,16,31-34,39-42H,3,5,7-10,14-15,17-26H2,1-2,4,6H3. The van der Waals surface area contributed by atoms with E-state index in [1.807, 2.05) is 34.1 Å². The predicted octanol–water partition coefficient (Wildman–Crippen LogP) is 2.61. The molecule has 1 aromatic rings. The molecular formula is C36H60N2O10. The van der Waals surface area contributed by atoms with E-state index in [-0.39, 0.29) is 63.8 Å². The quantitative estimate of drug-likeness (QED) is 0.0584. The number of nitrogens with zero attached hydrogens (tertiary/aromatic N) is 2. The number of hydrogen-bond donors (Lipinski definition) is 4. The normalized spacial score (nSPS) is 14.0. The fourth-order valence-corrected chi connectivity index (χ4v) is 4.67. The van der Waals surface area contributed by atoms with E-state index < -0.39 is 36.4 Å². The number of carbonyl (C=O) groups is 2. The van der Waals surface area contributed by atoms with E-state index in [2.05, 4.69) is 27.0 Å². The van der Waals surface area contributed by atoms with Gasteiger partial charge in [-0.3, -0.25) is 9.80 Å². The topological polar surface area (TPSA) is 158 Å². The summed E-state index contributed by atoms with van der Waals surface area (Å²) in [6.07, 6.45) is 0.165. The van der Waals surface area contributed by atoms with Crippen molar-refractivity contribution in [1.29, 1.82) is 0 Å². The maximum absolute atomic E-state index is 11.8. The van der Waals surface area contributed by atoms with Gasteiger partial charge in [0.25, 0.3) is 0 Å². The molecule has 0 saturated heterocycles. The molecule has 12 nitrogen and oxygen atoms in total. The molecule has 12 heteroatoms. The van der Waals surface area contributed by atoms with Crippen LogP contribution in [0.3, 0.4) is 0 Å². The van der Waals surface area contributed by atoms with Gasteiger partial charge < -0.3 is 39.4 Å². The molecule has 0 spiro atoms. The molecule has 1 aromatic carbocycles. The monoisotopic (exact) mass is 680 g/mol. The lowest BCUT2D eigenvalue weighted by Gasteiger charge is -2.29. The summed E-state index contributed by atoms with van der Waals surface area (Å²) in [5.74, 6) is -1.17. The van der Waals surface area contributed by atoms with Gasteiger partial charge in [0.2, 0.25) is 0 Å². The third-order valence-electron chi connectivity index (χ3n) is 7.10. The van der Waals surface area contributed by atoms with Crippen LogP contribution in [0.15, 0.2) is 48.6 Å². The van der Waals surface area contributed by atoms with E-state index in [1.54, 1.807) is 0 Å². The summed E-state index contributed by atoms with van der Waals surface area (Å²) in [6, 6.07) is 7.74. The second-order valence-electron chi connectivity index (χ2n) is 12.4. The highest BCUT2D eigenvalue weighted by Crippen LogP contribution is 2.14. The summed E-state index contributed by atoms with van der Waals surface area (Å²) in [7, 11) is 0. The van der Waals surface area contributed by atoms with Crippen molar-refractivity contribution >= 4 is 11.9 Å². The molecule has 0 bridgehead atoms. The molecule has 1 rings (SSSR count). The molecule has 4 unspecified atom stereocenters. The van der Waals surface area contributed by atoms with Crippen LogP contribution in [-0.4, -0.2) is 132 Å². The van der Waals surface area contributed by atoms with E-state index in [4.69, 9.17) is 18.9 Å². The Hall–Kier alpha value is -2.68. The number of aliphatic hydroxyl groups excluding tert-OH is 4. The van der Waals surface area contributed by atoms with Crippen LogP contribution in [0.2, 0.25) is 0 Å². The zero-order valence-corrected chi connectivity index (χ0v) is 29.5. The summed E-state index contributed by atoms with van der Waals surface area (Å²) >= 11 is 0. The van der Waals surface area contributed by atoms with E-state index in [0.29, 0.717) is 26.3 Å². The van der Waals surface area contributed by atoms with Crippen molar-refractivity contribution < 1.29 is 49.0 Å². The Morgan fingerprint density at radius 1 is 0.667 bits per heavy atom. The van der Waals surface area contributed by atoms with Crippen molar-refractivity contribution in [1.82, 2.24) is 9.80 Å². The Morgan fingerprint density at radius 3 is 1.35 bits per heavy atom. The summed E-state index contributed by atoms with van der Waals surface area (Å²) in [5.41, 5.74) is 2.28. The number of hydrogen-bond acceptors (Lipinski definition) is 12. The Bertz CT molecular complexity index is 1010. The van der Waals surface area contributed by atoms with Crippen molar-refractivity contribution in [2.75, 3.05) is 65.8 Å². The second kappa shape index (κ2) is 25.3. The third-order valence-corrected chi connectivity index (χ3v) is 7.10. The molecule has 0 fully saturated rings. The molecule has 4 atom stereocenters. The summed E-state index contributed by atoms with van der Waals surface area (Å²) < 4.78 is 21.4. The van der Waals surface area contributed by atoms with Crippen molar-refractivity contribution in [3.8, 4) is 0 Å². The molecule has 0 radical (unpaired) electrons. The van der Waals surface area contributed by atoms with Crippen LogP contribution in [0.5, 0.6) is 0 Å². The van der Waals surface area contributed by atoms with Crippen LogP contribution < -0.4 is 0 Å². The highest BCUT2D eigenvalue weighted by Gasteiger charge is 2.21. The van der Waals surface area contributed by atoms with Crippen LogP contribution in [-0.2, 0) is 41.6 Å². The minimum atomic E-state index is -0.998. The molecular weight excluding hydrogens is 620 g/mol. The minimum Gasteiger partial charge on any atom is -0.460 e. The van der Waals surface area contributed by atoms with Crippen LogP contribution in [0.4, 0.5) is 0 Å². The lowest BCUT2D eigenvalue weighted by Crippen LogP contribution is -2.41. The molecule has 0 heterocycles. The number of ether oxygens (including phenoxy) is 4. The van der Waals surface area contributed by atoms with E-state index in [1.165, 1.54) is 13.8 Å². The average Bonchev–Trinajstić information content (AvgIpc) is 3.02. The smallest absolute Gasteiger partial charge is 0.333 e. The first-order valence-corrected chi connectivity index (χ1v) is 16.9. The first-order chi connectivity index (χ1) is 22.8. The zero-order chi connectivity index (χ0) is 35.9. The lowest BCUT2D eigenvalue weighted by molar-refractivity contribution is -0.143. The summed E-state index contributed by atoms with van der Waals surface area (Å²) in [4.78, 5) is 27.4. The largest absolute Gasteiger partial charge is 0.460 e. The van der Waals surface area contributed by atoms with E-state index in [9.17, 15) is 30.0 Å². The van der Waals surface area contributed by atoms with Crippen LogP contribution in [0.1, 0.15) is 64.5 Å². The SMILES string of the molecule is C=C(C)C(=O)OCC(O)CN(Cc1cccc(CN(CC(O)COCCCC)CC(O)COC(=O)C(=C)C)c1)CC(O)COCCCC. The molecule has 0 saturated carbocycles. The van der Waals surface area contributed by atoms with Gasteiger partial charge >= 0.3 is 11.9 Å². The first kappa shape index (κ1) is 43.3. The number of carbonyl (C=O) groups excluding carboxylic acids is 2. The van der Waals surface area contributed by atoms with Gasteiger partial charge in [-0.1, -0.05) is 64.1 Å². The Kier molecular flexibility index (Phi) is 22.9. The van der Waals surface area contributed by atoms with Gasteiger partial charge in [0.1, 0.15) is 25.4 Å². The lowest BCUT2D eigenvalue weighted by atomic mass is 10.1. The molecule has 274 valence electrons. The fraction of sp³-hybridized carbons (Fsp3) is 0.667. The van der Waals surface area contributed by atoms with Crippen molar-refractivity contribution in [2.45, 2.75) is 90.9 Å². The number of aliphatic hydroxyl groups is 4. The summed E-state index contributed by atoms with van der Waals surface area (Å²) in [6.45, 7) is 16.7. The highest BCUT2D eigenvalue weighted by atomic mass is 16.5. The molecule has 0 aliphatic rings. The molecule has 0 aromatic heterocycles. The number of benzene rings is 1. The Labute approximate surface area is 286 Å². The highest BCUT2D eigenvalue weighted by molar-refractivity contribution is 5.87. The molecule has 0 aliphatic heterocycles. The molecule has 4 N–H and O–H groups in total. The number of rotatable bonds is 28.